The zero-order valence-corrected chi connectivity index (χ0v) is 11.6. The summed E-state index contributed by atoms with van der Waals surface area (Å²) >= 11 is 10.7. The normalized spacial score (nSPS) is 25.0. The van der Waals surface area contributed by atoms with Crippen LogP contribution >= 0.6 is 23.8 Å². The monoisotopic (exact) mass is 277 g/mol. The van der Waals surface area contributed by atoms with E-state index in [0.717, 1.165) is 0 Å². The number of hydrogen-bond acceptors (Lipinski definition) is 3. The van der Waals surface area contributed by atoms with E-state index in [2.05, 4.69) is 12.2 Å². The lowest BCUT2D eigenvalue weighted by Gasteiger charge is -2.27. The van der Waals surface area contributed by atoms with Crippen molar-refractivity contribution >= 4 is 34.9 Å². The molecule has 1 N–H and O–H groups in total. The van der Waals surface area contributed by atoms with Gasteiger partial charge in [-0.25, -0.2) is 4.39 Å². The quantitative estimate of drug-likeness (QED) is 0.611. The maximum Gasteiger partial charge on any atom is 0.159 e. The van der Waals surface area contributed by atoms with Gasteiger partial charge in [-0.2, -0.15) is 0 Å². The summed E-state index contributed by atoms with van der Waals surface area (Å²) in [4.78, 5) is 0. The molecule has 0 amide bonds. The predicted molar refractivity (Wildman–Crippen MR) is 72.7 cm³/mol. The van der Waals surface area contributed by atoms with Gasteiger partial charge in [0.05, 0.1) is 11.6 Å². The average Bonchev–Trinajstić information content (AvgIpc) is 2.26. The van der Waals surface area contributed by atoms with Gasteiger partial charge in [-0.15, -0.1) is 0 Å². The highest BCUT2D eigenvalue weighted by atomic mass is 35.5. The first kappa shape index (κ1) is 14.6. The summed E-state index contributed by atoms with van der Waals surface area (Å²) in [5, 5.41) is 9.26. The molecule has 0 fully saturated rings. The number of thiocarbonyl (C=S) groups is 1. The van der Waals surface area contributed by atoms with Crippen LogP contribution in [0.4, 0.5) is 4.39 Å². The van der Waals surface area contributed by atoms with Gasteiger partial charge in [-0.05, 0) is 18.8 Å². The Hall–Kier alpha value is -0.480. The van der Waals surface area contributed by atoms with Gasteiger partial charge in [0.1, 0.15) is 5.76 Å². The molecule has 0 aromatic rings. The summed E-state index contributed by atoms with van der Waals surface area (Å²) < 4.78 is 19.3. The van der Waals surface area contributed by atoms with E-state index in [4.69, 9.17) is 21.7 Å². The largest absolute Gasteiger partial charge is 0.493 e. The second kappa shape index (κ2) is 6.45. The molecule has 0 heterocycles. The molecule has 17 heavy (non-hydrogen) atoms. The molecule has 0 bridgehead atoms. The van der Waals surface area contributed by atoms with Gasteiger partial charge >= 0.3 is 0 Å². The number of allylic oxidation sites excluding steroid dienone is 2. The number of halogens is 2. The van der Waals surface area contributed by atoms with E-state index in [0.29, 0.717) is 24.0 Å². The Labute approximate surface area is 112 Å². The Bertz CT molecular complexity index is 343. The van der Waals surface area contributed by atoms with E-state index >= 15 is 0 Å². The van der Waals surface area contributed by atoms with Gasteiger partial charge in [0, 0.05) is 17.0 Å². The third-order valence-electron chi connectivity index (χ3n) is 2.61. The Morgan fingerprint density at radius 3 is 2.82 bits per heavy atom. The zero-order valence-electron chi connectivity index (χ0n) is 10.0. The van der Waals surface area contributed by atoms with Crippen molar-refractivity contribution in [3.05, 3.63) is 10.8 Å². The van der Waals surface area contributed by atoms with Crippen molar-refractivity contribution in [2.75, 3.05) is 6.61 Å². The molecule has 0 radical (unpaired) electrons. The summed E-state index contributed by atoms with van der Waals surface area (Å²) in [5.41, 5.74) is 0.267. The topological polar surface area (TPSA) is 33.1 Å². The summed E-state index contributed by atoms with van der Waals surface area (Å²) in [5.74, 6) is 0.353. The standard InChI is InChI=1S/C12H17ClFNOS/c1-7(2)5-16-12-9(13)3-8(4-10(12)14)11(15)6-17/h6-8,10,15H,3-5H2,1-2H3. The van der Waals surface area contributed by atoms with Gasteiger partial charge in [0.15, 0.2) is 6.17 Å². The summed E-state index contributed by atoms with van der Waals surface area (Å²) in [6.45, 7) is 4.45. The molecule has 2 unspecified atom stereocenters. The predicted octanol–water partition coefficient (Wildman–Crippen LogP) is 3.88. The molecule has 2 atom stereocenters. The molecule has 0 spiro atoms. The fourth-order valence-electron chi connectivity index (χ4n) is 1.69. The lowest BCUT2D eigenvalue weighted by molar-refractivity contribution is 0.116. The van der Waals surface area contributed by atoms with Crippen LogP contribution in [0.2, 0.25) is 0 Å². The number of nitrogens with one attached hydrogen (secondary N) is 1. The van der Waals surface area contributed by atoms with E-state index in [9.17, 15) is 4.39 Å². The maximum atomic E-state index is 13.9. The highest BCUT2D eigenvalue weighted by Crippen LogP contribution is 2.35. The highest BCUT2D eigenvalue weighted by molar-refractivity contribution is 7.80. The molecule has 2 nitrogen and oxygen atoms in total. The van der Waals surface area contributed by atoms with Crippen molar-refractivity contribution in [1.82, 2.24) is 0 Å². The fraction of sp³-hybridized carbons (Fsp3) is 0.667. The second-order valence-electron chi connectivity index (χ2n) is 4.65. The zero-order chi connectivity index (χ0) is 13.0. The van der Waals surface area contributed by atoms with E-state index in [1.165, 1.54) is 5.37 Å². The van der Waals surface area contributed by atoms with Crippen molar-refractivity contribution < 1.29 is 9.13 Å². The molecule has 0 aromatic carbocycles. The molecule has 1 aliphatic rings. The van der Waals surface area contributed by atoms with E-state index in [-0.39, 0.29) is 23.8 Å². The van der Waals surface area contributed by atoms with E-state index in [1.807, 2.05) is 13.8 Å². The van der Waals surface area contributed by atoms with Crippen molar-refractivity contribution in [2.45, 2.75) is 32.9 Å². The van der Waals surface area contributed by atoms with Crippen LogP contribution in [0.15, 0.2) is 10.8 Å². The fourth-order valence-corrected chi connectivity index (χ4v) is 2.24. The van der Waals surface area contributed by atoms with Crippen molar-refractivity contribution in [2.24, 2.45) is 11.8 Å². The minimum atomic E-state index is -1.23. The molecular weight excluding hydrogens is 261 g/mol. The highest BCUT2D eigenvalue weighted by Gasteiger charge is 2.31. The van der Waals surface area contributed by atoms with Crippen LogP contribution in [0.3, 0.4) is 0 Å². The van der Waals surface area contributed by atoms with Gasteiger partial charge in [-0.1, -0.05) is 37.7 Å². The van der Waals surface area contributed by atoms with Crippen LogP contribution < -0.4 is 0 Å². The summed E-state index contributed by atoms with van der Waals surface area (Å²) in [7, 11) is 0. The van der Waals surface area contributed by atoms with Crippen LogP contribution in [0.1, 0.15) is 26.7 Å². The molecule has 0 saturated carbocycles. The summed E-state index contributed by atoms with van der Waals surface area (Å²) in [6.07, 6.45) is -0.549. The van der Waals surface area contributed by atoms with Crippen molar-refractivity contribution in [3.8, 4) is 0 Å². The number of rotatable bonds is 5. The third kappa shape index (κ3) is 4.03. The maximum absolute atomic E-state index is 13.9. The van der Waals surface area contributed by atoms with Crippen LogP contribution in [0.5, 0.6) is 0 Å². The third-order valence-corrected chi connectivity index (χ3v) is 3.20. The van der Waals surface area contributed by atoms with Crippen molar-refractivity contribution in [1.29, 1.82) is 5.41 Å². The first-order valence-electron chi connectivity index (χ1n) is 5.64. The van der Waals surface area contributed by atoms with Gasteiger partial charge in [0.25, 0.3) is 0 Å². The van der Waals surface area contributed by atoms with Crippen molar-refractivity contribution in [3.63, 3.8) is 0 Å². The molecule has 0 saturated heterocycles. The van der Waals surface area contributed by atoms with E-state index < -0.39 is 6.17 Å². The second-order valence-corrected chi connectivity index (χ2v) is 5.34. The van der Waals surface area contributed by atoms with Crippen LogP contribution in [-0.2, 0) is 4.74 Å². The molecule has 1 rings (SSSR count). The van der Waals surface area contributed by atoms with Gasteiger partial charge < -0.3 is 10.1 Å². The lowest BCUT2D eigenvalue weighted by Crippen LogP contribution is -2.27. The Balaban J connectivity index is 2.72. The number of hydrogen-bond donors (Lipinski definition) is 1. The lowest BCUT2D eigenvalue weighted by atomic mass is 9.88. The minimum absolute atomic E-state index is 0.221. The smallest absolute Gasteiger partial charge is 0.159 e. The molecule has 96 valence electrons. The Kier molecular flexibility index (Phi) is 5.53. The van der Waals surface area contributed by atoms with Crippen LogP contribution in [0, 0.1) is 17.2 Å². The molecular formula is C12H17ClFNOS. The molecule has 0 aliphatic heterocycles. The Morgan fingerprint density at radius 1 is 1.71 bits per heavy atom. The van der Waals surface area contributed by atoms with Crippen LogP contribution in [0.25, 0.3) is 0 Å². The van der Waals surface area contributed by atoms with Crippen LogP contribution in [-0.4, -0.2) is 23.9 Å². The first-order chi connectivity index (χ1) is 7.95. The minimum Gasteiger partial charge on any atom is -0.493 e. The molecule has 0 aromatic heterocycles. The molecule has 1 aliphatic carbocycles. The average molecular weight is 278 g/mol. The van der Waals surface area contributed by atoms with E-state index in [1.54, 1.807) is 0 Å². The molecule has 5 heteroatoms. The first-order valence-corrected chi connectivity index (χ1v) is 6.49. The van der Waals surface area contributed by atoms with Gasteiger partial charge in [0.2, 0.25) is 0 Å². The number of ether oxygens (including phenoxy) is 1. The Morgan fingerprint density at radius 2 is 2.35 bits per heavy atom. The summed E-state index contributed by atoms with van der Waals surface area (Å²) in [6, 6.07) is 0. The number of alkyl halides is 1. The SMILES string of the molecule is CC(C)COC1=C(Cl)CC(C(=N)C=S)CC1F. The van der Waals surface area contributed by atoms with Gasteiger partial charge in [-0.3, -0.25) is 0 Å².